The van der Waals surface area contributed by atoms with Gasteiger partial charge >= 0.3 is 11.8 Å². The van der Waals surface area contributed by atoms with Crippen LogP contribution < -0.4 is 9.47 Å². The molecule has 1 amide bonds. The van der Waals surface area contributed by atoms with E-state index in [0.29, 0.717) is 25.1 Å². The molecule has 9 heteroatoms. The third-order valence-corrected chi connectivity index (χ3v) is 5.97. The van der Waals surface area contributed by atoms with Crippen molar-refractivity contribution >= 4 is 5.91 Å². The minimum Gasteiger partial charge on any atom is -0.497 e. The summed E-state index contributed by atoms with van der Waals surface area (Å²) in [5, 5.41) is 7.90. The number of nitrogens with zero attached hydrogens (tertiary/aromatic N) is 4. The average molecular weight is 450 g/mol. The van der Waals surface area contributed by atoms with E-state index in [1.807, 2.05) is 12.1 Å². The van der Waals surface area contributed by atoms with E-state index in [-0.39, 0.29) is 17.9 Å². The lowest BCUT2D eigenvalue weighted by Gasteiger charge is -2.38. The number of aromatic nitrogens is 2. The molecular formula is C24H26N4O5. The van der Waals surface area contributed by atoms with E-state index in [4.69, 9.17) is 18.6 Å². The van der Waals surface area contributed by atoms with Gasteiger partial charge in [0, 0.05) is 32.3 Å². The summed E-state index contributed by atoms with van der Waals surface area (Å²) in [6.07, 6.45) is 0.305. The molecule has 2 aliphatic heterocycles. The lowest BCUT2D eigenvalue weighted by molar-refractivity contribution is -0.0334. The Labute approximate surface area is 191 Å². The van der Waals surface area contributed by atoms with Gasteiger partial charge < -0.3 is 23.5 Å². The van der Waals surface area contributed by atoms with E-state index in [2.05, 4.69) is 27.2 Å². The first-order valence-electron chi connectivity index (χ1n) is 10.9. The first-order chi connectivity index (χ1) is 16.1. The number of hydrogen-bond donors (Lipinski definition) is 0. The number of rotatable bonds is 8. The summed E-state index contributed by atoms with van der Waals surface area (Å²) in [4.78, 5) is 16.6. The van der Waals surface area contributed by atoms with Crippen molar-refractivity contribution in [2.24, 2.45) is 0 Å². The number of carbonyl (C=O) groups is 1. The van der Waals surface area contributed by atoms with Crippen LogP contribution in [-0.4, -0.2) is 78.5 Å². The van der Waals surface area contributed by atoms with Crippen molar-refractivity contribution in [3.05, 3.63) is 60.0 Å². The summed E-state index contributed by atoms with van der Waals surface area (Å²) in [6.45, 7) is 3.82. The van der Waals surface area contributed by atoms with Crippen molar-refractivity contribution in [1.29, 1.82) is 0 Å². The quantitative estimate of drug-likeness (QED) is 0.517. The zero-order valence-electron chi connectivity index (χ0n) is 18.6. The molecule has 2 aliphatic rings. The maximum atomic E-state index is 12.6. The van der Waals surface area contributed by atoms with Gasteiger partial charge in [0.1, 0.15) is 17.6 Å². The van der Waals surface area contributed by atoms with Gasteiger partial charge in [0.25, 0.3) is 0 Å². The minimum absolute atomic E-state index is 0.0228. The van der Waals surface area contributed by atoms with Crippen LogP contribution in [0.4, 0.5) is 0 Å². The molecular weight excluding hydrogens is 424 g/mol. The molecule has 3 heterocycles. The summed E-state index contributed by atoms with van der Waals surface area (Å²) in [7, 11) is 3.36. The van der Waals surface area contributed by atoms with Crippen LogP contribution >= 0.6 is 0 Å². The van der Waals surface area contributed by atoms with Crippen LogP contribution in [0.2, 0.25) is 0 Å². The SMILES string of the molecule is COc1ccc(-c2nnc(C(=O)N3CC(Oc4ccc(CN5CC(OC)C5)cc4)C3)o2)cc1. The molecule has 5 rings (SSSR count). The first-order valence-corrected chi connectivity index (χ1v) is 10.9. The molecule has 0 N–H and O–H groups in total. The Morgan fingerprint density at radius 3 is 2.30 bits per heavy atom. The number of ether oxygens (including phenoxy) is 3. The van der Waals surface area contributed by atoms with Gasteiger partial charge in [-0.3, -0.25) is 9.69 Å². The average Bonchev–Trinajstić information content (AvgIpc) is 3.29. The third-order valence-electron chi connectivity index (χ3n) is 5.97. The van der Waals surface area contributed by atoms with E-state index in [1.165, 1.54) is 5.56 Å². The normalized spacial score (nSPS) is 16.8. The summed E-state index contributed by atoms with van der Waals surface area (Å²) >= 11 is 0. The largest absolute Gasteiger partial charge is 0.497 e. The smallest absolute Gasteiger partial charge is 0.311 e. The second-order valence-electron chi connectivity index (χ2n) is 8.29. The lowest BCUT2D eigenvalue weighted by atomic mass is 10.1. The number of amides is 1. The van der Waals surface area contributed by atoms with Gasteiger partial charge in [-0.05, 0) is 42.0 Å². The zero-order valence-corrected chi connectivity index (χ0v) is 18.6. The molecule has 172 valence electrons. The Hall–Kier alpha value is -3.43. The van der Waals surface area contributed by atoms with Crippen LogP contribution in [0.3, 0.4) is 0 Å². The molecule has 0 bridgehead atoms. The van der Waals surface area contributed by atoms with Crippen molar-refractivity contribution in [2.75, 3.05) is 40.4 Å². The molecule has 0 aliphatic carbocycles. The number of methoxy groups -OCH3 is 2. The Morgan fingerprint density at radius 1 is 0.939 bits per heavy atom. The summed E-state index contributed by atoms with van der Waals surface area (Å²) in [6, 6.07) is 15.3. The van der Waals surface area contributed by atoms with Crippen molar-refractivity contribution in [3.63, 3.8) is 0 Å². The number of likely N-dealkylation sites (tertiary alicyclic amines) is 2. The topological polar surface area (TPSA) is 90.2 Å². The highest BCUT2D eigenvalue weighted by molar-refractivity contribution is 5.90. The third kappa shape index (κ3) is 4.69. The maximum absolute atomic E-state index is 12.6. The molecule has 0 atom stereocenters. The number of hydrogen-bond acceptors (Lipinski definition) is 8. The molecule has 1 aromatic heterocycles. The highest BCUT2D eigenvalue weighted by Crippen LogP contribution is 2.24. The monoisotopic (exact) mass is 450 g/mol. The maximum Gasteiger partial charge on any atom is 0.311 e. The van der Waals surface area contributed by atoms with Crippen molar-refractivity contribution < 1.29 is 23.4 Å². The molecule has 2 aromatic carbocycles. The van der Waals surface area contributed by atoms with E-state index in [0.717, 1.165) is 36.7 Å². The fourth-order valence-corrected chi connectivity index (χ4v) is 3.90. The summed E-state index contributed by atoms with van der Waals surface area (Å²) in [5.41, 5.74) is 1.97. The predicted molar refractivity (Wildman–Crippen MR) is 119 cm³/mol. The second kappa shape index (κ2) is 9.21. The molecule has 0 saturated carbocycles. The lowest BCUT2D eigenvalue weighted by Crippen LogP contribution is -2.56. The zero-order chi connectivity index (χ0) is 22.8. The molecule has 9 nitrogen and oxygen atoms in total. The van der Waals surface area contributed by atoms with Gasteiger partial charge in [0.05, 0.1) is 26.3 Å². The highest BCUT2D eigenvalue weighted by atomic mass is 16.5. The fourth-order valence-electron chi connectivity index (χ4n) is 3.90. The summed E-state index contributed by atoms with van der Waals surface area (Å²) in [5.74, 6) is 1.51. The Morgan fingerprint density at radius 2 is 1.64 bits per heavy atom. The van der Waals surface area contributed by atoms with Gasteiger partial charge in [0.2, 0.25) is 5.89 Å². The predicted octanol–water partition coefficient (Wildman–Crippen LogP) is 2.48. The van der Waals surface area contributed by atoms with Crippen LogP contribution in [0.5, 0.6) is 11.5 Å². The van der Waals surface area contributed by atoms with Crippen LogP contribution in [0.1, 0.15) is 16.2 Å². The Balaban J connectivity index is 1.09. The van der Waals surface area contributed by atoms with Crippen molar-refractivity contribution in [1.82, 2.24) is 20.0 Å². The molecule has 2 fully saturated rings. The van der Waals surface area contributed by atoms with Crippen molar-refractivity contribution in [3.8, 4) is 23.0 Å². The molecule has 0 spiro atoms. The van der Waals surface area contributed by atoms with Gasteiger partial charge in [-0.15, -0.1) is 10.2 Å². The van der Waals surface area contributed by atoms with E-state index in [9.17, 15) is 4.79 Å². The van der Waals surface area contributed by atoms with Crippen LogP contribution in [0.15, 0.2) is 52.9 Å². The summed E-state index contributed by atoms with van der Waals surface area (Å²) < 4.78 is 22.0. The molecule has 33 heavy (non-hydrogen) atoms. The molecule has 0 radical (unpaired) electrons. The van der Waals surface area contributed by atoms with Crippen LogP contribution in [0.25, 0.3) is 11.5 Å². The van der Waals surface area contributed by atoms with Gasteiger partial charge in [0.15, 0.2) is 0 Å². The van der Waals surface area contributed by atoms with Gasteiger partial charge in [-0.2, -0.15) is 0 Å². The van der Waals surface area contributed by atoms with E-state index < -0.39 is 0 Å². The van der Waals surface area contributed by atoms with Gasteiger partial charge in [-0.25, -0.2) is 0 Å². The van der Waals surface area contributed by atoms with Crippen LogP contribution in [0, 0.1) is 0 Å². The fraction of sp³-hybridized carbons (Fsp3) is 0.375. The molecule has 2 saturated heterocycles. The minimum atomic E-state index is -0.290. The van der Waals surface area contributed by atoms with Crippen LogP contribution in [-0.2, 0) is 11.3 Å². The Bertz CT molecular complexity index is 1090. The molecule has 3 aromatic rings. The second-order valence-corrected chi connectivity index (χ2v) is 8.29. The standard InChI is InChI=1S/C24H26N4O5/c1-30-18-9-5-17(6-10-18)22-25-26-23(33-22)24(29)28-14-21(15-28)32-19-7-3-16(4-8-19)11-27-12-20(13-27)31-2/h3-10,20-21H,11-15H2,1-2H3. The first kappa shape index (κ1) is 21.4. The Kier molecular flexibility index (Phi) is 5.97. The van der Waals surface area contributed by atoms with Gasteiger partial charge in [-0.1, -0.05) is 12.1 Å². The van der Waals surface area contributed by atoms with E-state index in [1.54, 1.807) is 43.4 Å². The van der Waals surface area contributed by atoms with E-state index >= 15 is 0 Å². The number of carbonyl (C=O) groups excluding carboxylic acids is 1. The highest BCUT2D eigenvalue weighted by Gasteiger charge is 2.35. The number of benzene rings is 2. The van der Waals surface area contributed by atoms with Crippen molar-refractivity contribution in [2.45, 2.75) is 18.8 Å². The molecule has 0 unspecified atom stereocenters.